The Morgan fingerprint density at radius 1 is 1.25 bits per heavy atom. The molecule has 1 aliphatic rings. The van der Waals surface area contributed by atoms with Crippen LogP contribution >= 0.6 is 24.0 Å². The fourth-order valence-corrected chi connectivity index (χ4v) is 3.11. The van der Waals surface area contributed by atoms with Gasteiger partial charge in [0.15, 0.2) is 5.96 Å². The molecule has 5 heteroatoms. The summed E-state index contributed by atoms with van der Waals surface area (Å²) >= 11 is 0. The number of benzene rings is 1. The molecule has 0 radical (unpaired) electrons. The van der Waals surface area contributed by atoms with Gasteiger partial charge < -0.3 is 15.4 Å². The first-order valence-corrected chi connectivity index (χ1v) is 9.02. The van der Waals surface area contributed by atoms with E-state index in [2.05, 4.69) is 41.8 Å². The van der Waals surface area contributed by atoms with Gasteiger partial charge in [-0.2, -0.15) is 0 Å². The monoisotopic (exact) mass is 445 g/mol. The van der Waals surface area contributed by atoms with Crippen molar-refractivity contribution in [1.82, 2.24) is 10.6 Å². The summed E-state index contributed by atoms with van der Waals surface area (Å²) in [5.74, 6) is 1.48. The Kier molecular flexibility index (Phi) is 11.1. The molecule has 136 valence electrons. The Hall–Kier alpha value is -0.820. The van der Waals surface area contributed by atoms with E-state index in [0.717, 1.165) is 45.2 Å². The van der Waals surface area contributed by atoms with Crippen LogP contribution in [0.2, 0.25) is 0 Å². The lowest BCUT2D eigenvalue weighted by molar-refractivity contribution is 0.145. The Balaban J connectivity index is 0.00000288. The van der Waals surface area contributed by atoms with Crippen molar-refractivity contribution in [3.05, 3.63) is 35.4 Å². The van der Waals surface area contributed by atoms with Crippen LogP contribution in [0.4, 0.5) is 0 Å². The van der Waals surface area contributed by atoms with Crippen molar-refractivity contribution in [2.75, 3.05) is 32.8 Å². The van der Waals surface area contributed by atoms with Crippen LogP contribution in [0.5, 0.6) is 0 Å². The molecule has 1 atom stereocenters. The molecule has 0 aliphatic heterocycles. The molecule has 0 bridgehead atoms. The number of fused-ring (bicyclic) bond motifs is 1. The largest absolute Gasteiger partial charge is 0.382 e. The normalized spacial score (nSPS) is 16.9. The molecule has 2 N–H and O–H groups in total. The number of rotatable bonds is 8. The summed E-state index contributed by atoms with van der Waals surface area (Å²) in [6, 6.07) is 8.84. The van der Waals surface area contributed by atoms with Crippen molar-refractivity contribution in [3.8, 4) is 0 Å². The van der Waals surface area contributed by atoms with Gasteiger partial charge in [0, 0.05) is 38.8 Å². The molecule has 1 aromatic carbocycles. The van der Waals surface area contributed by atoms with Crippen LogP contribution in [0.25, 0.3) is 0 Å². The van der Waals surface area contributed by atoms with Crippen molar-refractivity contribution in [2.24, 2.45) is 4.99 Å². The van der Waals surface area contributed by atoms with Crippen molar-refractivity contribution in [2.45, 2.75) is 45.4 Å². The van der Waals surface area contributed by atoms with Crippen molar-refractivity contribution in [3.63, 3.8) is 0 Å². The molecule has 4 nitrogen and oxygen atoms in total. The van der Waals surface area contributed by atoms with Gasteiger partial charge in [0.25, 0.3) is 0 Å². The Bertz CT molecular complexity index is 493. The summed E-state index contributed by atoms with van der Waals surface area (Å²) in [4.78, 5) is 4.81. The SMILES string of the molecule is CCNC(=NCC1CCCc2ccccc21)NCCCOCC.I. The third-order valence-corrected chi connectivity index (χ3v) is 4.27. The van der Waals surface area contributed by atoms with Gasteiger partial charge in [0.2, 0.25) is 0 Å². The van der Waals surface area contributed by atoms with E-state index in [-0.39, 0.29) is 24.0 Å². The predicted octanol–water partition coefficient (Wildman–Crippen LogP) is 3.71. The van der Waals surface area contributed by atoms with E-state index in [1.807, 2.05) is 6.92 Å². The molecule has 0 aromatic heterocycles. The lowest BCUT2D eigenvalue weighted by Crippen LogP contribution is -2.38. The Morgan fingerprint density at radius 3 is 2.88 bits per heavy atom. The molecule has 0 saturated carbocycles. The van der Waals surface area contributed by atoms with E-state index < -0.39 is 0 Å². The number of hydrogen-bond acceptors (Lipinski definition) is 2. The van der Waals surface area contributed by atoms with Gasteiger partial charge in [-0.15, -0.1) is 24.0 Å². The highest BCUT2D eigenvalue weighted by molar-refractivity contribution is 14.0. The fourth-order valence-electron chi connectivity index (χ4n) is 3.11. The number of guanidine groups is 1. The predicted molar refractivity (Wildman–Crippen MR) is 113 cm³/mol. The minimum absolute atomic E-state index is 0. The standard InChI is InChI=1S/C19H31N3O.HI/c1-3-20-19(21-13-8-14-23-4-2)22-15-17-11-7-10-16-9-5-6-12-18(16)17;/h5-6,9,12,17H,3-4,7-8,10-11,13-15H2,1-2H3,(H2,20,21,22);1H. The van der Waals surface area contributed by atoms with E-state index in [4.69, 9.17) is 9.73 Å². The number of halogens is 1. The van der Waals surface area contributed by atoms with Crippen LogP contribution in [0.3, 0.4) is 0 Å². The molecule has 0 fully saturated rings. The first-order valence-electron chi connectivity index (χ1n) is 9.02. The van der Waals surface area contributed by atoms with E-state index in [1.54, 1.807) is 0 Å². The molecule has 24 heavy (non-hydrogen) atoms. The highest BCUT2D eigenvalue weighted by Crippen LogP contribution is 2.31. The number of aryl methyl sites for hydroxylation is 1. The van der Waals surface area contributed by atoms with Crippen LogP contribution in [-0.2, 0) is 11.2 Å². The average molecular weight is 445 g/mol. The number of nitrogens with zero attached hydrogens (tertiary/aromatic N) is 1. The van der Waals surface area contributed by atoms with E-state index in [9.17, 15) is 0 Å². The minimum atomic E-state index is 0. The Labute approximate surface area is 163 Å². The molecular weight excluding hydrogens is 413 g/mol. The van der Waals surface area contributed by atoms with E-state index >= 15 is 0 Å². The highest BCUT2D eigenvalue weighted by atomic mass is 127. The lowest BCUT2D eigenvalue weighted by atomic mass is 9.83. The van der Waals surface area contributed by atoms with Gasteiger partial charge in [0.05, 0.1) is 0 Å². The van der Waals surface area contributed by atoms with Gasteiger partial charge >= 0.3 is 0 Å². The van der Waals surface area contributed by atoms with Crippen LogP contribution in [0.15, 0.2) is 29.3 Å². The van der Waals surface area contributed by atoms with Crippen LogP contribution < -0.4 is 10.6 Å². The van der Waals surface area contributed by atoms with Gasteiger partial charge in [-0.3, -0.25) is 4.99 Å². The smallest absolute Gasteiger partial charge is 0.191 e. The molecule has 0 heterocycles. The number of hydrogen-bond donors (Lipinski definition) is 2. The maximum Gasteiger partial charge on any atom is 0.191 e. The van der Waals surface area contributed by atoms with Crippen LogP contribution in [-0.4, -0.2) is 38.8 Å². The van der Waals surface area contributed by atoms with Crippen LogP contribution in [0.1, 0.15) is 50.2 Å². The molecule has 0 amide bonds. The molecule has 0 saturated heterocycles. The Morgan fingerprint density at radius 2 is 2.08 bits per heavy atom. The van der Waals surface area contributed by atoms with Crippen molar-refractivity contribution < 1.29 is 4.74 Å². The number of ether oxygens (including phenoxy) is 1. The van der Waals surface area contributed by atoms with Crippen molar-refractivity contribution in [1.29, 1.82) is 0 Å². The van der Waals surface area contributed by atoms with Gasteiger partial charge in [-0.25, -0.2) is 0 Å². The topological polar surface area (TPSA) is 45.7 Å². The molecule has 2 rings (SSSR count). The first kappa shape index (κ1) is 21.2. The van der Waals surface area contributed by atoms with Crippen LogP contribution in [0, 0.1) is 0 Å². The average Bonchev–Trinajstić information content (AvgIpc) is 2.59. The summed E-state index contributed by atoms with van der Waals surface area (Å²) in [6.45, 7) is 8.37. The zero-order valence-electron chi connectivity index (χ0n) is 15.0. The molecular formula is C19H32IN3O. The van der Waals surface area contributed by atoms with E-state index in [0.29, 0.717) is 5.92 Å². The maximum absolute atomic E-state index is 5.37. The van der Waals surface area contributed by atoms with Gasteiger partial charge in [-0.05, 0) is 50.7 Å². The second-order valence-corrected chi connectivity index (χ2v) is 5.98. The maximum atomic E-state index is 5.37. The van der Waals surface area contributed by atoms with Gasteiger partial charge in [0.1, 0.15) is 0 Å². The van der Waals surface area contributed by atoms with Crippen molar-refractivity contribution >= 4 is 29.9 Å². The second-order valence-electron chi connectivity index (χ2n) is 5.98. The number of aliphatic imine (C=N–C) groups is 1. The lowest BCUT2D eigenvalue weighted by Gasteiger charge is -2.24. The third-order valence-electron chi connectivity index (χ3n) is 4.27. The summed E-state index contributed by atoms with van der Waals surface area (Å²) < 4.78 is 5.37. The first-order chi connectivity index (χ1) is 11.3. The zero-order valence-corrected chi connectivity index (χ0v) is 17.3. The quantitative estimate of drug-likeness (QED) is 0.278. The molecule has 1 aliphatic carbocycles. The van der Waals surface area contributed by atoms with Gasteiger partial charge in [-0.1, -0.05) is 24.3 Å². The zero-order chi connectivity index (χ0) is 16.3. The molecule has 1 unspecified atom stereocenters. The summed E-state index contributed by atoms with van der Waals surface area (Å²) in [7, 11) is 0. The fraction of sp³-hybridized carbons (Fsp3) is 0.632. The summed E-state index contributed by atoms with van der Waals surface area (Å²) in [5.41, 5.74) is 3.00. The van der Waals surface area contributed by atoms with E-state index in [1.165, 1.54) is 30.4 Å². The molecule has 0 spiro atoms. The minimum Gasteiger partial charge on any atom is -0.382 e. The molecule has 1 aromatic rings. The second kappa shape index (κ2) is 12.5. The number of nitrogens with one attached hydrogen (secondary N) is 2. The highest BCUT2D eigenvalue weighted by Gasteiger charge is 2.19. The summed E-state index contributed by atoms with van der Waals surface area (Å²) in [6.07, 6.45) is 4.73. The summed E-state index contributed by atoms with van der Waals surface area (Å²) in [5, 5.41) is 6.74. The third kappa shape index (κ3) is 6.97.